The number of hydrogen-bond donors (Lipinski definition) is 0. The van der Waals surface area contributed by atoms with E-state index in [0.717, 1.165) is 0 Å². The Morgan fingerprint density at radius 3 is 1.77 bits per heavy atom. The molecule has 0 amide bonds. The molecule has 2 aliphatic heterocycles. The molecule has 0 unspecified atom stereocenters. The Morgan fingerprint density at radius 2 is 1.04 bits per heavy atom. The maximum atomic E-state index is 2.60. The van der Waals surface area contributed by atoms with Gasteiger partial charge in [-0.3, -0.25) is 0 Å². The molecule has 1 spiro atoms. The number of nitrogens with zero attached hydrogens (tertiary/aromatic N) is 2. The van der Waals surface area contributed by atoms with E-state index in [-0.39, 0.29) is 6.71 Å². The molecule has 1 aromatic heterocycles. The van der Waals surface area contributed by atoms with Crippen LogP contribution in [-0.4, -0.2) is 6.71 Å². The van der Waals surface area contributed by atoms with Crippen LogP contribution >= 0.6 is 11.3 Å². The first kappa shape index (κ1) is 30.7. The van der Waals surface area contributed by atoms with Crippen molar-refractivity contribution in [3.8, 4) is 22.3 Å². The summed E-state index contributed by atoms with van der Waals surface area (Å²) >= 11 is 1.98. The van der Waals surface area contributed by atoms with Crippen LogP contribution < -0.4 is 25.5 Å². The van der Waals surface area contributed by atoms with E-state index < -0.39 is 5.41 Å². The molecule has 8 aromatic carbocycles. The van der Waals surface area contributed by atoms with Crippen LogP contribution in [0.3, 0.4) is 0 Å². The predicted molar refractivity (Wildman–Crippen MR) is 237 cm³/mol. The van der Waals surface area contributed by atoms with Crippen LogP contribution in [0.25, 0.3) is 32.3 Å². The van der Waals surface area contributed by atoms with Crippen molar-refractivity contribution in [1.82, 2.24) is 0 Å². The van der Waals surface area contributed by atoms with Gasteiger partial charge in [-0.1, -0.05) is 133 Å². The van der Waals surface area contributed by atoms with Crippen LogP contribution in [0, 0.1) is 6.92 Å². The molecular formula is C52H33BN2S. The molecule has 260 valence electrons. The molecule has 0 N–H and O–H groups in total. The standard InChI is InChI=1S/C52H33BN2S/c1-32-27-28-37-38-31-48-39(30-43(38)52(42(37)29-32)40-21-10-8-19-35(40)36-20-9-11-22-41(36)52)50-51(56-48)53-44-23-12-13-24-45(44)54(33-15-4-2-5-16-33)46-25-14-26-47(49(46)53)55(50)34-17-6-3-7-18-34/h2-31H,1H3. The van der Waals surface area contributed by atoms with E-state index in [2.05, 4.69) is 199 Å². The van der Waals surface area contributed by atoms with Crippen molar-refractivity contribution >= 4 is 78.0 Å². The van der Waals surface area contributed by atoms with Crippen molar-refractivity contribution in [3.63, 3.8) is 0 Å². The number of thiophene rings is 1. The van der Waals surface area contributed by atoms with Gasteiger partial charge in [-0.2, -0.15) is 0 Å². The van der Waals surface area contributed by atoms with E-state index >= 15 is 0 Å². The lowest BCUT2D eigenvalue weighted by molar-refractivity contribution is 0.794. The summed E-state index contributed by atoms with van der Waals surface area (Å²) in [7, 11) is 0. The number of para-hydroxylation sites is 3. The zero-order valence-electron chi connectivity index (χ0n) is 30.7. The number of aryl methyl sites for hydroxylation is 1. The fourth-order valence-corrected chi connectivity index (χ4v) is 12.2. The molecule has 0 fully saturated rings. The highest BCUT2D eigenvalue weighted by Gasteiger charge is 2.52. The van der Waals surface area contributed by atoms with Crippen molar-refractivity contribution < 1.29 is 0 Å². The maximum absolute atomic E-state index is 2.60. The maximum Gasteiger partial charge on any atom is 0.264 e. The minimum Gasteiger partial charge on any atom is -0.311 e. The number of fused-ring (bicyclic) bond motifs is 16. The lowest BCUT2D eigenvalue weighted by Gasteiger charge is -2.43. The van der Waals surface area contributed by atoms with Gasteiger partial charge < -0.3 is 9.80 Å². The van der Waals surface area contributed by atoms with Crippen LogP contribution in [0.5, 0.6) is 0 Å². The second-order valence-electron chi connectivity index (χ2n) is 15.6. The topological polar surface area (TPSA) is 6.48 Å². The Hall–Kier alpha value is -6.62. The molecular weight excluding hydrogens is 695 g/mol. The van der Waals surface area contributed by atoms with E-state index in [1.807, 2.05) is 11.3 Å². The van der Waals surface area contributed by atoms with Gasteiger partial charge in [0.25, 0.3) is 6.71 Å². The van der Waals surface area contributed by atoms with Crippen LogP contribution in [0.15, 0.2) is 182 Å². The average molecular weight is 729 g/mol. The molecule has 0 saturated heterocycles. The first-order chi connectivity index (χ1) is 27.7. The molecule has 0 bridgehead atoms. The highest BCUT2D eigenvalue weighted by atomic mass is 32.1. The molecule has 13 rings (SSSR count). The number of rotatable bonds is 2. The summed E-state index contributed by atoms with van der Waals surface area (Å²) < 4.78 is 2.73. The summed E-state index contributed by atoms with van der Waals surface area (Å²) in [6, 6.07) is 68.4. The van der Waals surface area contributed by atoms with Gasteiger partial charge in [0.05, 0.1) is 11.1 Å². The average Bonchev–Trinajstić information content (AvgIpc) is 3.87. The number of anilines is 6. The molecule has 4 heteroatoms. The fraction of sp³-hybridized carbons (Fsp3) is 0.0385. The molecule has 0 saturated carbocycles. The van der Waals surface area contributed by atoms with E-state index in [1.165, 1.54) is 110 Å². The van der Waals surface area contributed by atoms with Crippen molar-refractivity contribution in [1.29, 1.82) is 0 Å². The van der Waals surface area contributed by atoms with E-state index in [4.69, 9.17) is 0 Å². The van der Waals surface area contributed by atoms with Gasteiger partial charge in [-0.25, -0.2) is 0 Å². The summed E-state index contributed by atoms with van der Waals surface area (Å²) in [5, 5.41) is 1.32. The van der Waals surface area contributed by atoms with Crippen molar-refractivity contribution in [2.45, 2.75) is 12.3 Å². The van der Waals surface area contributed by atoms with Crippen LogP contribution in [0.4, 0.5) is 34.1 Å². The summed E-state index contributed by atoms with van der Waals surface area (Å²) in [4.78, 5) is 5.04. The van der Waals surface area contributed by atoms with Crippen LogP contribution in [-0.2, 0) is 5.41 Å². The third-order valence-corrected chi connectivity index (χ3v) is 14.1. The lowest BCUT2D eigenvalue weighted by atomic mass is 9.36. The van der Waals surface area contributed by atoms with Gasteiger partial charge in [-0.05, 0) is 117 Å². The van der Waals surface area contributed by atoms with Crippen molar-refractivity contribution in [3.05, 3.63) is 210 Å². The Bertz CT molecular complexity index is 3080. The number of hydrogen-bond acceptors (Lipinski definition) is 3. The Balaban J connectivity index is 1.15. The van der Waals surface area contributed by atoms with Gasteiger partial charge in [0.2, 0.25) is 0 Å². The van der Waals surface area contributed by atoms with E-state index in [9.17, 15) is 0 Å². The molecule has 3 heterocycles. The zero-order chi connectivity index (χ0) is 36.7. The third-order valence-electron chi connectivity index (χ3n) is 12.9. The molecule has 2 aliphatic carbocycles. The Labute approximate surface area is 330 Å². The summed E-state index contributed by atoms with van der Waals surface area (Å²) in [6.07, 6.45) is 0. The second kappa shape index (κ2) is 11.0. The summed E-state index contributed by atoms with van der Waals surface area (Å²) in [5.41, 5.74) is 21.9. The van der Waals surface area contributed by atoms with E-state index in [1.54, 1.807) is 0 Å². The second-order valence-corrected chi connectivity index (χ2v) is 16.7. The van der Waals surface area contributed by atoms with Gasteiger partial charge in [0.15, 0.2) is 0 Å². The van der Waals surface area contributed by atoms with Crippen molar-refractivity contribution in [2.24, 2.45) is 0 Å². The normalized spacial score (nSPS) is 14.6. The zero-order valence-corrected chi connectivity index (χ0v) is 31.5. The first-order valence-electron chi connectivity index (χ1n) is 19.6. The highest BCUT2D eigenvalue weighted by Crippen LogP contribution is 2.64. The smallest absolute Gasteiger partial charge is 0.264 e. The highest BCUT2D eigenvalue weighted by molar-refractivity contribution is 7.33. The predicted octanol–water partition coefficient (Wildman–Crippen LogP) is 11.6. The minimum atomic E-state index is -0.405. The number of benzene rings is 8. The molecule has 9 aromatic rings. The summed E-state index contributed by atoms with van der Waals surface area (Å²) in [5.74, 6) is 0. The van der Waals surface area contributed by atoms with Crippen LogP contribution in [0.2, 0.25) is 0 Å². The monoisotopic (exact) mass is 728 g/mol. The van der Waals surface area contributed by atoms with Gasteiger partial charge >= 0.3 is 0 Å². The van der Waals surface area contributed by atoms with Gasteiger partial charge in [0.1, 0.15) is 0 Å². The Kier molecular flexibility index (Phi) is 6.03. The Morgan fingerprint density at radius 1 is 0.464 bits per heavy atom. The quantitative estimate of drug-likeness (QED) is 0.164. The molecule has 0 atom stereocenters. The lowest BCUT2D eigenvalue weighted by Crippen LogP contribution is -2.60. The largest absolute Gasteiger partial charge is 0.311 e. The SMILES string of the molecule is Cc1ccc2c(c1)C1(c3ccccc3-c3ccccc31)c1cc3c4c(sc3cc1-2)B1c2ccccc2N(c2ccccc2)c2cccc(c21)N4c1ccccc1. The molecule has 0 radical (unpaired) electrons. The van der Waals surface area contributed by atoms with Gasteiger partial charge in [0, 0.05) is 43.3 Å². The molecule has 2 nitrogen and oxygen atoms in total. The van der Waals surface area contributed by atoms with Crippen LogP contribution in [0.1, 0.15) is 27.8 Å². The van der Waals surface area contributed by atoms with E-state index in [0.29, 0.717) is 0 Å². The first-order valence-corrected chi connectivity index (χ1v) is 20.4. The fourth-order valence-electron chi connectivity index (χ4n) is 10.8. The minimum absolute atomic E-state index is 0.0939. The third kappa shape index (κ3) is 3.73. The molecule has 56 heavy (non-hydrogen) atoms. The summed E-state index contributed by atoms with van der Waals surface area (Å²) in [6.45, 7) is 2.33. The van der Waals surface area contributed by atoms with Crippen molar-refractivity contribution in [2.75, 3.05) is 9.80 Å². The molecule has 4 aliphatic rings. The van der Waals surface area contributed by atoms with Gasteiger partial charge in [-0.15, -0.1) is 11.3 Å².